The van der Waals surface area contributed by atoms with Gasteiger partial charge in [0.1, 0.15) is 11.3 Å². The van der Waals surface area contributed by atoms with Crippen LogP contribution < -0.4 is 10.1 Å². The number of para-hydroxylation sites is 1. The van der Waals surface area contributed by atoms with Gasteiger partial charge in [0.15, 0.2) is 0 Å². The Morgan fingerprint density at radius 1 is 1.43 bits per heavy atom. The zero-order valence-corrected chi connectivity index (χ0v) is 13.1. The van der Waals surface area contributed by atoms with E-state index in [9.17, 15) is 9.90 Å². The summed E-state index contributed by atoms with van der Waals surface area (Å²) in [5.74, 6) is 0.324. The molecule has 1 aromatic rings. The number of likely N-dealkylation sites (N-methyl/N-ethyl adjacent to an activating group) is 1. The molecule has 4 heteroatoms. The van der Waals surface area contributed by atoms with Crippen molar-refractivity contribution < 1.29 is 14.6 Å². The Balaban J connectivity index is 1.98. The Hall–Kier alpha value is -1.55. The van der Waals surface area contributed by atoms with E-state index in [1.807, 2.05) is 32.0 Å². The molecule has 2 N–H and O–H groups in total. The Morgan fingerprint density at radius 2 is 2.10 bits per heavy atom. The van der Waals surface area contributed by atoms with Crippen molar-refractivity contribution in [3.8, 4) is 5.75 Å². The average Bonchev–Trinajstić information content (AvgIpc) is 2.86. The highest BCUT2D eigenvalue weighted by Gasteiger charge is 2.47. The van der Waals surface area contributed by atoms with Gasteiger partial charge in [-0.2, -0.15) is 0 Å². The first-order valence-electron chi connectivity index (χ1n) is 7.62. The van der Waals surface area contributed by atoms with Crippen molar-refractivity contribution in [2.24, 2.45) is 5.92 Å². The quantitative estimate of drug-likeness (QED) is 0.846. The summed E-state index contributed by atoms with van der Waals surface area (Å²) in [4.78, 5) is 11.6. The average molecular weight is 291 g/mol. The van der Waals surface area contributed by atoms with Crippen molar-refractivity contribution in [3.63, 3.8) is 0 Å². The normalized spacial score (nSPS) is 25.0. The van der Waals surface area contributed by atoms with E-state index >= 15 is 0 Å². The number of hydrogen-bond donors (Lipinski definition) is 2. The largest absolute Gasteiger partial charge is 0.493 e. The fraction of sp³-hybridized carbons (Fsp3) is 0.588. The maximum atomic E-state index is 11.6. The van der Waals surface area contributed by atoms with Crippen molar-refractivity contribution in [2.45, 2.75) is 45.1 Å². The van der Waals surface area contributed by atoms with Crippen LogP contribution in [-0.4, -0.2) is 30.3 Å². The van der Waals surface area contributed by atoms with Crippen LogP contribution in [0.2, 0.25) is 0 Å². The second-order valence-electron chi connectivity index (χ2n) is 5.97. The minimum atomic E-state index is -0.774. The molecule has 1 aromatic carbocycles. The van der Waals surface area contributed by atoms with Crippen molar-refractivity contribution in [1.82, 2.24) is 5.32 Å². The molecule has 0 aromatic heterocycles. The van der Waals surface area contributed by atoms with E-state index in [0.717, 1.165) is 36.1 Å². The van der Waals surface area contributed by atoms with Gasteiger partial charge < -0.3 is 15.2 Å². The summed E-state index contributed by atoms with van der Waals surface area (Å²) >= 11 is 0. The molecule has 2 rings (SSSR count). The molecule has 0 bridgehead atoms. The number of carboxylic acids is 1. The van der Waals surface area contributed by atoms with E-state index in [1.54, 1.807) is 7.05 Å². The van der Waals surface area contributed by atoms with Gasteiger partial charge in [0.05, 0.1) is 6.61 Å². The highest BCUT2D eigenvalue weighted by molar-refractivity contribution is 5.79. The first-order valence-corrected chi connectivity index (χ1v) is 7.62. The molecule has 116 valence electrons. The summed E-state index contributed by atoms with van der Waals surface area (Å²) in [6.07, 6.45) is 3.37. The second kappa shape index (κ2) is 6.48. The molecule has 0 radical (unpaired) electrons. The van der Waals surface area contributed by atoms with Crippen molar-refractivity contribution in [1.29, 1.82) is 0 Å². The smallest absolute Gasteiger partial charge is 0.324 e. The molecule has 4 nitrogen and oxygen atoms in total. The van der Waals surface area contributed by atoms with Crippen LogP contribution in [0.5, 0.6) is 5.75 Å². The molecule has 0 aliphatic heterocycles. The molecular formula is C17H25NO3. The number of aryl methyl sites for hydroxylation is 2. The molecule has 0 spiro atoms. The third-order valence-corrected chi connectivity index (χ3v) is 4.77. The maximum absolute atomic E-state index is 11.6. The highest BCUT2D eigenvalue weighted by Crippen LogP contribution is 2.38. The standard InChI is InChI=1S/C17H25NO3/c1-12-6-4-7-13(2)15(12)21-11-9-14-8-5-10-17(14,18-3)16(19)20/h4,6-7,14,18H,5,8-11H2,1-3H3,(H,19,20). The third kappa shape index (κ3) is 3.05. The SMILES string of the molecule is CNC1(C(=O)O)CCCC1CCOc1c(C)cccc1C. The zero-order chi connectivity index (χ0) is 15.5. The monoisotopic (exact) mass is 291 g/mol. The lowest BCUT2D eigenvalue weighted by Gasteiger charge is -2.31. The summed E-state index contributed by atoms with van der Waals surface area (Å²) in [6, 6.07) is 6.09. The summed E-state index contributed by atoms with van der Waals surface area (Å²) in [5, 5.41) is 12.6. The summed E-state index contributed by atoms with van der Waals surface area (Å²) < 4.78 is 5.93. The van der Waals surface area contributed by atoms with Gasteiger partial charge in [-0.05, 0) is 57.2 Å². The van der Waals surface area contributed by atoms with Crippen LogP contribution >= 0.6 is 0 Å². The molecule has 21 heavy (non-hydrogen) atoms. The Morgan fingerprint density at radius 3 is 2.67 bits per heavy atom. The molecule has 0 heterocycles. The summed E-state index contributed by atoms with van der Waals surface area (Å²) in [5.41, 5.74) is 1.48. The Labute approximate surface area is 126 Å². The van der Waals surface area contributed by atoms with Crippen molar-refractivity contribution in [2.75, 3.05) is 13.7 Å². The van der Waals surface area contributed by atoms with Crippen LogP contribution in [0, 0.1) is 19.8 Å². The lowest BCUT2D eigenvalue weighted by molar-refractivity contribution is -0.146. The fourth-order valence-corrected chi connectivity index (χ4v) is 3.52. The highest BCUT2D eigenvalue weighted by atomic mass is 16.5. The van der Waals surface area contributed by atoms with E-state index in [2.05, 4.69) is 5.32 Å². The van der Waals surface area contributed by atoms with E-state index < -0.39 is 11.5 Å². The van der Waals surface area contributed by atoms with E-state index in [-0.39, 0.29) is 5.92 Å². The Bertz CT molecular complexity index is 495. The predicted octanol–water partition coefficient (Wildman–Crippen LogP) is 2.92. The van der Waals surface area contributed by atoms with E-state index in [4.69, 9.17) is 4.74 Å². The van der Waals surface area contributed by atoms with Gasteiger partial charge in [-0.3, -0.25) is 4.79 Å². The van der Waals surface area contributed by atoms with Crippen LogP contribution in [0.3, 0.4) is 0 Å². The lowest BCUT2D eigenvalue weighted by Crippen LogP contribution is -2.53. The molecule has 0 amide bonds. The lowest BCUT2D eigenvalue weighted by atomic mass is 9.85. The van der Waals surface area contributed by atoms with Gasteiger partial charge in [0, 0.05) is 0 Å². The second-order valence-corrected chi connectivity index (χ2v) is 5.97. The first kappa shape index (κ1) is 15.8. The van der Waals surface area contributed by atoms with Gasteiger partial charge in [0.2, 0.25) is 0 Å². The Kier molecular flexibility index (Phi) is 4.88. The molecule has 1 aliphatic rings. The van der Waals surface area contributed by atoms with Crippen LogP contribution in [-0.2, 0) is 4.79 Å². The van der Waals surface area contributed by atoms with Crippen LogP contribution in [0.15, 0.2) is 18.2 Å². The molecule has 1 aliphatic carbocycles. The summed E-state index contributed by atoms with van der Waals surface area (Å²) in [6.45, 7) is 4.63. The number of rotatable bonds is 6. The van der Waals surface area contributed by atoms with Crippen molar-refractivity contribution >= 4 is 5.97 Å². The number of ether oxygens (including phenoxy) is 1. The maximum Gasteiger partial charge on any atom is 0.324 e. The van der Waals surface area contributed by atoms with Gasteiger partial charge in [-0.1, -0.05) is 24.6 Å². The van der Waals surface area contributed by atoms with Gasteiger partial charge in [0.25, 0.3) is 0 Å². The molecular weight excluding hydrogens is 266 g/mol. The molecule has 0 saturated heterocycles. The van der Waals surface area contributed by atoms with E-state index in [1.165, 1.54) is 0 Å². The number of carboxylic acid groups (broad SMARTS) is 1. The molecule has 1 saturated carbocycles. The first-order chi connectivity index (χ1) is 10.0. The van der Waals surface area contributed by atoms with Crippen LogP contribution in [0.1, 0.15) is 36.8 Å². The molecule has 2 atom stereocenters. The van der Waals surface area contributed by atoms with Crippen LogP contribution in [0.25, 0.3) is 0 Å². The predicted molar refractivity (Wildman–Crippen MR) is 82.8 cm³/mol. The number of benzene rings is 1. The number of aliphatic carboxylic acids is 1. The zero-order valence-electron chi connectivity index (χ0n) is 13.1. The van der Waals surface area contributed by atoms with Gasteiger partial charge in [-0.25, -0.2) is 0 Å². The van der Waals surface area contributed by atoms with Crippen LogP contribution in [0.4, 0.5) is 0 Å². The topological polar surface area (TPSA) is 58.6 Å². The number of hydrogen-bond acceptors (Lipinski definition) is 3. The summed E-state index contributed by atoms with van der Waals surface area (Å²) in [7, 11) is 1.75. The van der Waals surface area contributed by atoms with Gasteiger partial charge in [-0.15, -0.1) is 0 Å². The van der Waals surface area contributed by atoms with Crippen molar-refractivity contribution in [3.05, 3.63) is 29.3 Å². The fourth-order valence-electron chi connectivity index (χ4n) is 3.52. The number of carbonyl (C=O) groups is 1. The minimum Gasteiger partial charge on any atom is -0.493 e. The van der Waals surface area contributed by atoms with E-state index in [0.29, 0.717) is 13.0 Å². The third-order valence-electron chi connectivity index (χ3n) is 4.77. The molecule has 2 unspecified atom stereocenters. The molecule has 1 fully saturated rings. The van der Waals surface area contributed by atoms with Gasteiger partial charge >= 0.3 is 5.97 Å². The minimum absolute atomic E-state index is 0.129. The number of nitrogens with one attached hydrogen (secondary N) is 1.